The maximum absolute atomic E-state index is 13.2. The molecule has 0 spiro atoms. The Morgan fingerprint density at radius 1 is 1.18 bits per heavy atom. The number of hydrogen-bond acceptors (Lipinski definition) is 3. The van der Waals surface area contributed by atoms with Crippen LogP contribution in [-0.4, -0.2) is 39.8 Å². The van der Waals surface area contributed by atoms with Crippen molar-refractivity contribution in [1.29, 1.82) is 0 Å². The van der Waals surface area contributed by atoms with Crippen molar-refractivity contribution in [3.8, 4) is 0 Å². The van der Waals surface area contributed by atoms with Crippen molar-refractivity contribution in [3.63, 3.8) is 0 Å². The molecule has 5 nitrogen and oxygen atoms in total. The number of nitrogens with one attached hydrogen (secondary N) is 2. The lowest BCUT2D eigenvalue weighted by Crippen LogP contribution is -2.46. The predicted molar refractivity (Wildman–Crippen MR) is 112 cm³/mol. The van der Waals surface area contributed by atoms with Crippen molar-refractivity contribution in [3.05, 3.63) is 65.5 Å². The highest BCUT2D eigenvalue weighted by Crippen LogP contribution is 2.13. The van der Waals surface area contributed by atoms with Gasteiger partial charge in [0.05, 0.1) is 10.6 Å². The van der Waals surface area contributed by atoms with Gasteiger partial charge in [-0.2, -0.15) is 0 Å². The van der Waals surface area contributed by atoms with Gasteiger partial charge in [0.15, 0.2) is 15.8 Å². The lowest BCUT2D eigenvalue weighted by Gasteiger charge is -2.20. The molecule has 0 aromatic heterocycles. The lowest BCUT2D eigenvalue weighted by atomic mass is 10.1. The minimum absolute atomic E-state index is 0.00865. The minimum Gasteiger partial charge on any atom is -0.356 e. The number of aryl methyl sites for hydroxylation is 1. The molecule has 2 aromatic rings. The monoisotopic (exact) mass is 405 g/mol. The molecule has 0 heterocycles. The van der Waals surface area contributed by atoms with Gasteiger partial charge < -0.3 is 10.6 Å². The summed E-state index contributed by atoms with van der Waals surface area (Å²) in [6.07, 6.45) is 1.36. The van der Waals surface area contributed by atoms with E-state index in [2.05, 4.69) is 15.6 Å². The van der Waals surface area contributed by atoms with E-state index in [1.54, 1.807) is 43.4 Å². The van der Waals surface area contributed by atoms with E-state index in [0.29, 0.717) is 30.2 Å². The lowest BCUT2D eigenvalue weighted by molar-refractivity contribution is 0.568. The van der Waals surface area contributed by atoms with Crippen LogP contribution in [0.5, 0.6) is 0 Å². The topological polar surface area (TPSA) is 70.6 Å². The molecule has 1 atom stereocenters. The van der Waals surface area contributed by atoms with Gasteiger partial charge in [-0.05, 0) is 55.2 Å². The third-order valence-corrected chi connectivity index (χ3v) is 6.40. The van der Waals surface area contributed by atoms with Crippen LogP contribution in [0.3, 0.4) is 0 Å². The van der Waals surface area contributed by atoms with Crippen LogP contribution in [-0.2, 0) is 16.3 Å². The van der Waals surface area contributed by atoms with Crippen LogP contribution in [0, 0.1) is 12.7 Å². The van der Waals surface area contributed by atoms with Crippen LogP contribution in [0.25, 0.3) is 0 Å². The second-order valence-corrected chi connectivity index (χ2v) is 8.70. The van der Waals surface area contributed by atoms with E-state index in [1.165, 1.54) is 12.1 Å². The van der Waals surface area contributed by atoms with Crippen LogP contribution in [0.1, 0.15) is 24.5 Å². The summed E-state index contributed by atoms with van der Waals surface area (Å²) in [5.74, 6) is 0.303. The number of sulfone groups is 1. The zero-order valence-electron chi connectivity index (χ0n) is 16.6. The number of halogens is 1. The van der Waals surface area contributed by atoms with Gasteiger partial charge in [-0.25, -0.2) is 12.8 Å². The summed E-state index contributed by atoms with van der Waals surface area (Å²) in [4.78, 5) is 4.51. The number of guanidine groups is 1. The molecule has 0 radical (unpaired) electrons. The first kappa shape index (κ1) is 21.9. The van der Waals surface area contributed by atoms with E-state index in [0.717, 1.165) is 11.1 Å². The van der Waals surface area contributed by atoms with E-state index >= 15 is 0 Å². The summed E-state index contributed by atoms with van der Waals surface area (Å²) < 4.78 is 38.4. The number of nitrogens with zero attached hydrogens (tertiary/aromatic N) is 1. The first-order valence-electron chi connectivity index (χ1n) is 9.35. The van der Waals surface area contributed by atoms with Gasteiger partial charge in [0.25, 0.3) is 0 Å². The molecule has 0 fully saturated rings. The molecule has 0 aliphatic heterocycles. The van der Waals surface area contributed by atoms with E-state index in [1.807, 2.05) is 13.8 Å². The molecule has 0 aliphatic rings. The standard InChI is InChI=1S/C21H28FN3O2S/c1-4-19(15-28(26,27)20-8-6-5-7-9-20)25-21(23-3)24-13-12-17-10-11-18(22)14-16(17)2/h5-11,14,19H,4,12-13,15H2,1-3H3,(H2,23,24,25). The predicted octanol–water partition coefficient (Wildman–Crippen LogP) is 3.09. The number of rotatable bonds is 8. The molecule has 0 bridgehead atoms. The number of aliphatic imine (C=N–C) groups is 1. The van der Waals surface area contributed by atoms with Crippen LogP contribution in [0.4, 0.5) is 4.39 Å². The Hall–Kier alpha value is -2.41. The molecule has 2 rings (SSSR count). The second kappa shape index (κ2) is 10.2. The third-order valence-electron chi connectivity index (χ3n) is 4.57. The van der Waals surface area contributed by atoms with Gasteiger partial charge in [-0.15, -0.1) is 0 Å². The molecule has 28 heavy (non-hydrogen) atoms. The summed E-state index contributed by atoms with van der Waals surface area (Å²) in [5.41, 5.74) is 1.97. The van der Waals surface area contributed by atoms with Gasteiger partial charge in [-0.3, -0.25) is 4.99 Å². The Morgan fingerprint density at radius 3 is 2.50 bits per heavy atom. The van der Waals surface area contributed by atoms with Crippen LogP contribution in [0.2, 0.25) is 0 Å². The van der Waals surface area contributed by atoms with Gasteiger partial charge in [-0.1, -0.05) is 31.2 Å². The maximum Gasteiger partial charge on any atom is 0.191 e. The Morgan fingerprint density at radius 2 is 1.89 bits per heavy atom. The summed E-state index contributed by atoms with van der Waals surface area (Å²) in [6, 6.07) is 13.0. The van der Waals surface area contributed by atoms with E-state index < -0.39 is 9.84 Å². The molecule has 7 heteroatoms. The normalized spacial score (nSPS) is 13.2. The summed E-state index contributed by atoms with van der Waals surface area (Å²) >= 11 is 0. The van der Waals surface area contributed by atoms with Crippen molar-refractivity contribution >= 4 is 15.8 Å². The average Bonchev–Trinajstić information content (AvgIpc) is 2.68. The average molecular weight is 406 g/mol. The third kappa shape index (κ3) is 6.34. The van der Waals surface area contributed by atoms with Crippen LogP contribution in [0.15, 0.2) is 58.4 Å². The quantitative estimate of drug-likeness (QED) is 0.523. The van der Waals surface area contributed by atoms with Crippen molar-refractivity contribution in [2.45, 2.75) is 37.6 Å². The molecular formula is C21H28FN3O2S. The molecule has 1 unspecified atom stereocenters. The van der Waals surface area contributed by atoms with E-state index in [9.17, 15) is 12.8 Å². The van der Waals surface area contributed by atoms with Crippen molar-refractivity contribution in [2.75, 3.05) is 19.3 Å². The molecular weight excluding hydrogens is 377 g/mol. The maximum atomic E-state index is 13.2. The number of benzene rings is 2. The zero-order chi connectivity index (χ0) is 20.6. The SMILES string of the molecule is CCC(CS(=O)(=O)c1ccccc1)NC(=NC)NCCc1ccc(F)cc1C. The summed E-state index contributed by atoms with van der Waals surface area (Å²) in [5, 5.41) is 6.39. The van der Waals surface area contributed by atoms with Crippen molar-refractivity contribution < 1.29 is 12.8 Å². The number of hydrogen-bond donors (Lipinski definition) is 2. The first-order chi connectivity index (χ1) is 13.4. The van der Waals surface area contributed by atoms with Gasteiger partial charge in [0.2, 0.25) is 0 Å². The highest BCUT2D eigenvalue weighted by molar-refractivity contribution is 7.91. The fourth-order valence-electron chi connectivity index (χ4n) is 2.89. The minimum atomic E-state index is -3.38. The molecule has 0 amide bonds. The molecule has 2 N–H and O–H groups in total. The fraction of sp³-hybridized carbons (Fsp3) is 0.381. The Balaban J connectivity index is 1.93. The van der Waals surface area contributed by atoms with Gasteiger partial charge in [0.1, 0.15) is 5.82 Å². The zero-order valence-corrected chi connectivity index (χ0v) is 17.4. The van der Waals surface area contributed by atoms with E-state index in [-0.39, 0.29) is 17.6 Å². The first-order valence-corrected chi connectivity index (χ1v) is 11.0. The Labute approximate surface area is 167 Å². The van der Waals surface area contributed by atoms with Crippen molar-refractivity contribution in [1.82, 2.24) is 10.6 Å². The largest absolute Gasteiger partial charge is 0.356 e. The Kier molecular flexibility index (Phi) is 7.99. The fourth-order valence-corrected chi connectivity index (χ4v) is 4.51. The van der Waals surface area contributed by atoms with Gasteiger partial charge >= 0.3 is 0 Å². The van der Waals surface area contributed by atoms with E-state index in [4.69, 9.17) is 0 Å². The van der Waals surface area contributed by atoms with Gasteiger partial charge in [0, 0.05) is 19.6 Å². The van der Waals surface area contributed by atoms with Crippen LogP contribution < -0.4 is 10.6 Å². The van der Waals surface area contributed by atoms with Crippen LogP contribution >= 0.6 is 0 Å². The molecule has 152 valence electrons. The summed E-state index contributed by atoms with van der Waals surface area (Å²) in [7, 11) is -1.73. The molecule has 0 aliphatic carbocycles. The molecule has 0 saturated heterocycles. The molecule has 2 aromatic carbocycles. The highest BCUT2D eigenvalue weighted by atomic mass is 32.2. The summed E-state index contributed by atoms with van der Waals surface area (Å²) in [6.45, 7) is 4.42. The highest BCUT2D eigenvalue weighted by Gasteiger charge is 2.20. The molecule has 0 saturated carbocycles. The van der Waals surface area contributed by atoms with Crippen molar-refractivity contribution in [2.24, 2.45) is 4.99 Å². The Bertz CT molecular complexity index is 899. The smallest absolute Gasteiger partial charge is 0.191 e. The second-order valence-electron chi connectivity index (χ2n) is 6.66.